The molecule has 0 bridgehead atoms. The fourth-order valence-electron chi connectivity index (χ4n) is 2.73. The Balaban J connectivity index is 1.76. The van der Waals surface area contributed by atoms with Gasteiger partial charge in [-0.15, -0.1) is 0 Å². The van der Waals surface area contributed by atoms with E-state index in [1.54, 1.807) is 18.2 Å². The number of nitrogens with zero attached hydrogens (tertiary/aromatic N) is 1. The smallest absolute Gasteiger partial charge is 0.364 e. The Bertz CT molecular complexity index is 873. The first-order valence-corrected chi connectivity index (χ1v) is 9.16. The van der Waals surface area contributed by atoms with Gasteiger partial charge in [0.25, 0.3) is 11.8 Å². The van der Waals surface area contributed by atoms with Gasteiger partial charge < -0.3 is 14.3 Å². The molecule has 0 radical (unpaired) electrons. The van der Waals surface area contributed by atoms with E-state index >= 15 is 0 Å². The highest BCUT2D eigenvalue weighted by atomic mass is 16.7. The Morgan fingerprint density at radius 1 is 0.929 bits per heavy atom. The summed E-state index contributed by atoms with van der Waals surface area (Å²) in [5.41, 5.74) is 0.549. The molecule has 2 aromatic carbocycles. The number of carbonyl (C=O) groups excluding carboxylic acids is 3. The lowest BCUT2D eigenvalue weighted by molar-refractivity contribution is -0.0584. The number of benzene rings is 2. The van der Waals surface area contributed by atoms with E-state index in [1.807, 2.05) is 6.92 Å². The fraction of sp³-hybridized carbons (Fsp3) is 0.286. The molecule has 1 heterocycles. The summed E-state index contributed by atoms with van der Waals surface area (Å²) in [6.45, 7) is 4.81. The zero-order chi connectivity index (χ0) is 20.1. The predicted molar refractivity (Wildman–Crippen MR) is 100 cm³/mol. The van der Waals surface area contributed by atoms with Crippen LogP contribution in [0.15, 0.2) is 42.5 Å². The topological polar surface area (TPSA) is 82.1 Å². The van der Waals surface area contributed by atoms with Gasteiger partial charge in [-0.3, -0.25) is 9.59 Å². The SMILES string of the molecule is CCCCOc1ccc(C(=O)ON2C(=O)c3ccccc3C2=O)cc1OCC. The van der Waals surface area contributed by atoms with Gasteiger partial charge in [-0.25, -0.2) is 4.79 Å². The third-order valence-corrected chi connectivity index (χ3v) is 4.17. The van der Waals surface area contributed by atoms with E-state index in [1.165, 1.54) is 24.3 Å². The number of ether oxygens (including phenoxy) is 2. The van der Waals surface area contributed by atoms with Gasteiger partial charge in [0.15, 0.2) is 11.5 Å². The summed E-state index contributed by atoms with van der Waals surface area (Å²) >= 11 is 0. The molecule has 2 amide bonds. The Labute approximate surface area is 162 Å². The summed E-state index contributed by atoms with van der Waals surface area (Å²) in [5.74, 6) is -1.25. The second-order valence-corrected chi connectivity index (χ2v) is 6.13. The van der Waals surface area contributed by atoms with Crippen LogP contribution in [0.4, 0.5) is 0 Å². The van der Waals surface area contributed by atoms with Crippen LogP contribution in [0, 0.1) is 0 Å². The van der Waals surface area contributed by atoms with Crippen molar-refractivity contribution < 1.29 is 28.7 Å². The molecule has 2 aromatic rings. The van der Waals surface area contributed by atoms with E-state index in [9.17, 15) is 14.4 Å². The van der Waals surface area contributed by atoms with Crippen LogP contribution in [0.25, 0.3) is 0 Å². The Morgan fingerprint density at radius 3 is 2.21 bits per heavy atom. The number of carbonyl (C=O) groups is 3. The number of imide groups is 1. The maximum absolute atomic E-state index is 12.5. The highest BCUT2D eigenvalue weighted by molar-refractivity contribution is 6.21. The normalized spacial score (nSPS) is 12.7. The molecular weight excluding hydrogens is 362 g/mol. The zero-order valence-electron chi connectivity index (χ0n) is 15.8. The standard InChI is InChI=1S/C21H21NO6/c1-3-5-12-27-17-11-10-14(13-18(17)26-4-2)21(25)28-22-19(23)15-8-6-7-9-16(15)20(22)24/h6-11,13H,3-5,12H2,1-2H3. The van der Waals surface area contributed by atoms with E-state index in [0.717, 1.165) is 12.8 Å². The van der Waals surface area contributed by atoms with Gasteiger partial charge in [-0.05, 0) is 43.7 Å². The summed E-state index contributed by atoms with van der Waals surface area (Å²) in [6, 6.07) is 10.9. The molecule has 28 heavy (non-hydrogen) atoms. The molecule has 0 unspecified atom stereocenters. The number of rotatable bonds is 8. The third-order valence-electron chi connectivity index (χ3n) is 4.17. The highest BCUT2D eigenvalue weighted by Gasteiger charge is 2.38. The first-order chi connectivity index (χ1) is 13.6. The van der Waals surface area contributed by atoms with Crippen LogP contribution in [-0.4, -0.2) is 36.1 Å². The fourth-order valence-corrected chi connectivity index (χ4v) is 2.73. The summed E-state index contributed by atoms with van der Waals surface area (Å²) in [5, 5.41) is 0.485. The second kappa shape index (κ2) is 8.56. The van der Waals surface area contributed by atoms with Gasteiger partial charge in [0.05, 0.1) is 29.9 Å². The third kappa shape index (κ3) is 3.83. The maximum atomic E-state index is 12.5. The van der Waals surface area contributed by atoms with Crippen molar-refractivity contribution in [2.75, 3.05) is 13.2 Å². The molecule has 1 aliphatic heterocycles. The van der Waals surface area contributed by atoms with Gasteiger partial charge in [0.2, 0.25) is 0 Å². The number of fused-ring (bicyclic) bond motifs is 1. The first-order valence-electron chi connectivity index (χ1n) is 9.16. The summed E-state index contributed by atoms with van der Waals surface area (Å²) in [4.78, 5) is 42.2. The second-order valence-electron chi connectivity index (χ2n) is 6.13. The average Bonchev–Trinajstić information content (AvgIpc) is 2.94. The summed E-state index contributed by atoms with van der Waals surface area (Å²) in [6.07, 6.45) is 1.89. The Kier molecular flexibility index (Phi) is 5.93. The molecule has 0 fully saturated rings. The van der Waals surface area contributed by atoms with Crippen molar-refractivity contribution in [2.24, 2.45) is 0 Å². The minimum absolute atomic E-state index is 0.142. The molecule has 1 aliphatic rings. The Morgan fingerprint density at radius 2 is 1.61 bits per heavy atom. The van der Waals surface area contributed by atoms with E-state index in [-0.39, 0.29) is 16.7 Å². The predicted octanol–water partition coefficient (Wildman–Crippen LogP) is 3.63. The number of amides is 2. The van der Waals surface area contributed by atoms with E-state index < -0.39 is 17.8 Å². The van der Waals surface area contributed by atoms with Crippen LogP contribution in [0.2, 0.25) is 0 Å². The molecule has 0 aliphatic carbocycles. The number of hydrogen-bond donors (Lipinski definition) is 0. The molecule has 0 saturated heterocycles. The molecule has 0 aromatic heterocycles. The minimum Gasteiger partial charge on any atom is -0.490 e. The lowest BCUT2D eigenvalue weighted by atomic mass is 10.1. The molecule has 0 N–H and O–H groups in total. The molecular formula is C21H21NO6. The van der Waals surface area contributed by atoms with Gasteiger partial charge >= 0.3 is 5.97 Å². The minimum atomic E-state index is -0.837. The maximum Gasteiger partial charge on any atom is 0.364 e. The Hall–Kier alpha value is -3.35. The van der Waals surface area contributed by atoms with Gasteiger partial charge in [-0.1, -0.05) is 30.5 Å². The van der Waals surface area contributed by atoms with Crippen LogP contribution >= 0.6 is 0 Å². The van der Waals surface area contributed by atoms with Crippen LogP contribution in [-0.2, 0) is 4.84 Å². The van der Waals surface area contributed by atoms with Crippen LogP contribution in [0.3, 0.4) is 0 Å². The summed E-state index contributed by atoms with van der Waals surface area (Å²) in [7, 11) is 0. The van der Waals surface area contributed by atoms with Crippen LogP contribution < -0.4 is 9.47 Å². The lowest BCUT2D eigenvalue weighted by Crippen LogP contribution is -2.32. The van der Waals surface area contributed by atoms with Crippen LogP contribution in [0.5, 0.6) is 11.5 Å². The van der Waals surface area contributed by atoms with E-state index in [0.29, 0.717) is 29.8 Å². The number of hydrogen-bond acceptors (Lipinski definition) is 6. The van der Waals surface area contributed by atoms with E-state index in [4.69, 9.17) is 14.3 Å². The largest absolute Gasteiger partial charge is 0.490 e. The lowest BCUT2D eigenvalue weighted by Gasteiger charge is -2.15. The van der Waals surface area contributed by atoms with Crippen molar-refractivity contribution in [3.8, 4) is 11.5 Å². The molecule has 0 saturated carbocycles. The number of unbranched alkanes of at least 4 members (excludes halogenated alkanes) is 1. The highest BCUT2D eigenvalue weighted by Crippen LogP contribution is 2.30. The van der Waals surface area contributed by atoms with Gasteiger partial charge in [0, 0.05) is 0 Å². The van der Waals surface area contributed by atoms with Crippen molar-refractivity contribution in [2.45, 2.75) is 26.7 Å². The van der Waals surface area contributed by atoms with Crippen molar-refractivity contribution in [3.63, 3.8) is 0 Å². The van der Waals surface area contributed by atoms with Crippen molar-refractivity contribution in [1.82, 2.24) is 5.06 Å². The monoisotopic (exact) mass is 383 g/mol. The molecule has 0 spiro atoms. The van der Waals surface area contributed by atoms with Crippen LogP contribution in [0.1, 0.15) is 57.8 Å². The van der Waals surface area contributed by atoms with E-state index in [2.05, 4.69) is 6.92 Å². The summed E-state index contributed by atoms with van der Waals surface area (Å²) < 4.78 is 11.2. The van der Waals surface area contributed by atoms with Gasteiger partial charge in [-0.2, -0.15) is 0 Å². The van der Waals surface area contributed by atoms with Crippen molar-refractivity contribution in [1.29, 1.82) is 0 Å². The quantitative estimate of drug-likeness (QED) is 0.511. The number of hydroxylamine groups is 2. The first kappa shape index (κ1) is 19.4. The van der Waals surface area contributed by atoms with Gasteiger partial charge in [0.1, 0.15) is 0 Å². The molecule has 0 atom stereocenters. The van der Waals surface area contributed by atoms with Crippen molar-refractivity contribution >= 4 is 17.8 Å². The molecule has 3 rings (SSSR count). The molecule has 7 nitrogen and oxygen atoms in total. The average molecular weight is 383 g/mol. The molecule has 7 heteroatoms. The molecule has 146 valence electrons. The zero-order valence-corrected chi connectivity index (χ0v) is 15.8. The van der Waals surface area contributed by atoms with Crippen molar-refractivity contribution in [3.05, 3.63) is 59.2 Å².